The standard InChI is InChI=1S/C21H19FN2O3S/c22-20-12-5-4-9-18(20)15-23-21(25)17-10-6-11-19(13-17)28(26,27)24-14-16-7-2-1-3-8-16/h1-13,24H,14-15H2,(H,23,25). The number of amides is 1. The van der Waals surface area contributed by atoms with Crippen molar-refractivity contribution in [2.24, 2.45) is 0 Å². The highest BCUT2D eigenvalue weighted by molar-refractivity contribution is 7.89. The van der Waals surface area contributed by atoms with Crippen molar-refractivity contribution in [1.29, 1.82) is 0 Å². The molecule has 2 N–H and O–H groups in total. The number of carbonyl (C=O) groups is 1. The third kappa shape index (κ3) is 5.03. The van der Waals surface area contributed by atoms with Crippen LogP contribution in [-0.2, 0) is 23.1 Å². The van der Waals surface area contributed by atoms with Gasteiger partial charge >= 0.3 is 0 Å². The van der Waals surface area contributed by atoms with E-state index in [1.54, 1.807) is 18.2 Å². The summed E-state index contributed by atoms with van der Waals surface area (Å²) in [6.45, 7) is 0.154. The largest absolute Gasteiger partial charge is 0.348 e. The highest BCUT2D eigenvalue weighted by Crippen LogP contribution is 2.13. The van der Waals surface area contributed by atoms with Gasteiger partial charge in [-0.2, -0.15) is 0 Å². The quantitative estimate of drug-likeness (QED) is 0.642. The normalized spacial score (nSPS) is 11.2. The number of sulfonamides is 1. The minimum absolute atomic E-state index is 0.00867. The third-order valence-corrected chi connectivity index (χ3v) is 5.51. The Hall–Kier alpha value is -3.03. The van der Waals surface area contributed by atoms with Crippen LogP contribution in [0.3, 0.4) is 0 Å². The van der Waals surface area contributed by atoms with E-state index in [-0.39, 0.29) is 23.5 Å². The van der Waals surface area contributed by atoms with E-state index >= 15 is 0 Å². The molecule has 0 aliphatic rings. The van der Waals surface area contributed by atoms with Crippen LogP contribution in [0, 0.1) is 5.82 Å². The van der Waals surface area contributed by atoms with E-state index in [1.165, 1.54) is 30.3 Å². The van der Waals surface area contributed by atoms with Crippen LogP contribution in [0.1, 0.15) is 21.5 Å². The maximum atomic E-state index is 13.6. The molecule has 0 aliphatic carbocycles. The zero-order chi connectivity index (χ0) is 20.0. The lowest BCUT2D eigenvalue weighted by Gasteiger charge is -2.09. The van der Waals surface area contributed by atoms with Crippen LogP contribution >= 0.6 is 0 Å². The summed E-state index contributed by atoms with van der Waals surface area (Å²) >= 11 is 0. The molecule has 0 saturated carbocycles. The molecule has 0 aromatic heterocycles. The summed E-state index contributed by atoms with van der Waals surface area (Å²) < 4.78 is 41.2. The van der Waals surface area contributed by atoms with Gasteiger partial charge in [-0.05, 0) is 29.8 Å². The van der Waals surface area contributed by atoms with Crippen LogP contribution < -0.4 is 10.0 Å². The molecule has 0 unspecified atom stereocenters. The van der Waals surface area contributed by atoms with E-state index < -0.39 is 21.7 Å². The molecule has 1 amide bonds. The predicted octanol–water partition coefficient (Wildman–Crippen LogP) is 3.23. The number of hydrogen-bond acceptors (Lipinski definition) is 3. The second kappa shape index (κ2) is 8.77. The minimum atomic E-state index is -3.78. The maximum absolute atomic E-state index is 13.6. The van der Waals surface area contributed by atoms with Gasteiger partial charge in [-0.15, -0.1) is 0 Å². The first-order valence-electron chi connectivity index (χ1n) is 8.61. The maximum Gasteiger partial charge on any atom is 0.251 e. The zero-order valence-electron chi connectivity index (χ0n) is 14.9. The van der Waals surface area contributed by atoms with E-state index in [2.05, 4.69) is 10.0 Å². The summed E-state index contributed by atoms with van der Waals surface area (Å²) in [5.41, 5.74) is 1.35. The highest BCUT2D eigenvalue weighted by atomic mass is 32.2. The Balaban J connectivity index is 1.68. The Morgan fingerprint density at radius 3 is 2.32 bits per heavy atom. The number of benzene rings is 3. The lowest BCUT2D eigenvalue weighted by molar-refractivity contribution is 0.0950. The number of hydrogen-bond donors (Lipinski definition) is 2. The number of nitrogens with one attached hydrogen (secondary N) is 2. The fourth-order valence-corrected chi connectivity index (χ4v) is 3.64. The molecule has 5 nitrogen and oxygen atoms in total. The summed E-state index contributed by atoms with van der Waals surface area (Å²) in [6, 6.07) is 21.0. The average molecular weight is 398 g/mol. The lowest BCUT2D eigenvalue weighted by Crippen LogP contribution is -2.25. The van der Waals surface area contributed by atoms with Crippen molar-refractivity contribution in [2.45, 2.75) is 18.0 Å². The topological polar surface area (TPSA) is 75.3 Å². The number of halogens is 1. The number of rotatable bonds is 7. The first-order valence-corrected chi connectivity index (χ1v) is 10.1. The van der Waals surface area contributed by atoms with Crippen molar-refractivity contribution in [3.63, 3.8) is 0 Å². The van der Waals surface area contributed by atoms with Crippen molar-refractivity contribution in [1.82, 2.24) is 10.0 Å². The van der Waals surface area contributed by atoms with Gasteiger partial charge in [0.15, 0.2) is 0 Å². The molecular weight excluding hydrogens is 379 g/mol. The summed E-state index contributed by atoms with van der Waals surface area (Å²) in [4.78, 5) is 12.3. The molecular formula is C21H19FN2O3S. The summed E-state index contributed by atoms with van der Waals surface area (Å²) in [7, 11) is -3.78. The van der Waals surface area contributed by atoms with Gasteiger partial charge < -0.3 is 5.32 Å². The molecule has 7 heteroatoms. The van der Waals surface area contributed by atoms with E-state index in [0.717, 1.165) is 5.56 Å². The van der Waals surface area contributed by atoms with Crippen molar-refractivity contribution in [3.8, 4) is 0 Å². The molecule has 0 atom stereocenters. The molecule has 144 valence electrons. The summed E-state index contributed by atoms with van der Waals surface area (Å²) in [5.74, 6) is -0.896. The molecule has 3 rings (SSSR count). The van der Waals surface area contributed by atoms with Crippen molar-refractivity contribution >= 4 is 15.9 Å². The molecule has 0 saturated heterocycles. The molecule has 0 spiro atoms. The monoisotopic (exact) mass is 398 g/mol. The van der Waals surface area contributed by atoms with Gasteiger partial charge in [-0.3, -0.25) is 4.79 Å². The Morgan fingerprint density at radius 2 is 1.57 bits per heavy atom. The Morgan fingerprint density at radius 1 is 0.857 bits per heavy atom. The van der Waals surface area contributed by atoms with Crippen molar-refractivity contribution in [3.05, 3.63) is 101 Å². The van der Waals surface area contributed by atoms with E-state index in [4.69, 9.17) is 0 Å². The smallest absolute Gasteiger partial charge is 0.251 e. The minimum Gasteiger partial charge on any atom is -0.348 e. The van der Waals surface area contributed by atoms with Crippen LogP contribution in [-0.4, -0.2) is 14.3 Å². The van der Waals surface area contributed by atoms with Gasteiger partial charge in [0.25, 0.3) is 5.91 Å². The fraction of sp³-hybridized carbons (Fsp3) is 0.0952. The Labute approximate surface area is 163 Å². The van der Waals surface area contributed by atoms with Crippen LogP contribution in [0.15, 0.2) is 83.8 Å². The Kier molecular flexibility index (Phi) is 6.18. The first kappa shape index (κ1) is 19.7. The molecule has 28 heavy (non-hydrogen) atoms. The van der Waals surface area contributed by atoms with Gasteiger partial charge in [0, 0.05) is 24.2 Å². The molecule has 0 radical (unpaired) electrons. The van der Waals surface area contributed by atoms with E-state index in [9.17, 15) is 17.6 Å². The molecule has 0 aliphatic heterocycles. The van der Waals surface area contributed by atoms with Crippen LogP contribution in [0.5, 0.6) is 0 Å². The van der Waals surface area contributed by atoms with Crippen molar-refractivity contribution in [2.75, 3.05) is 0 Å². The average Bonchev–Trinajstić information content (AvgIpc) is 2.72. The van der Waals surface area contributed by atoms with E-state index in [1.807, 2.05) is 30.3 Å². The predicted molar refractivity (Wildman–Crippen MR) is 104 cm³/mol. The molecule has 0 heterocycles. The highest BCUT2D eigenvalue weighted by Gasteiger charge is 2.16. The third-order valence-electron chi connectivity index (χ3n) is 4.11. The molecule has 0 bridgehead atoms. The number of carbonyl (C=O) groups excluding carboxylic acids is 1. The first-order chi connectivity index (χ1) is 13.5. The SMILES string of the molecule is O=C(NCc1ccccc1F)c1cccc(S(=O)(=O)NCc2ccccc2)c1. The van der Waals surface area contributed by atoms with Crippen LogP contribution in [0.25, 0.3) is 0 Å². The Bertz CT molecular complexity index is 1070. The molecule has 3 aromatic carbocycles. The van der Waals surface area contributed by atoms with Crippen LogP contribution in [0.4, 0.5) is 4.39 Å². The van der Waals surface area contributed by atoms with Crippen LogP contribution in [0.2, 0.25) is 0 Å². The molecule has 0 fully saturated rings. The second-order valence-corrected chi connectivity index (χ2v) is 7.88. The van der Waals surface area contributed by atoms with Crippen molar-refractivity contribution < 1.29 is 17.6 Å². The fourth-order valence-electron chi connectivity index (χ4n) is 2.58. The second-order valence-electron chi connectivity index (χ2n) is 6.11. The van der Waals surface area contributed by atoms with Gasteiger partial charge in [0.05, 0.1) is 4.90 Å². The zero-order valence-corrected chi connectivity index (χ0v) is 15.7. The van der Waals surface area contributed by atoms with Gasteiger partial charge in [-0.25, -0.2) is 17.5 Å². The molecule has 3 aromatic rings. The summed E-state index contributed by atoms with van der Waals surface area (Å²) in [5, 5.41) is 2.60. The summed E-state index contributed by atoms with van der Waals surface area (Å²) in [6.07, 6.45) is 0. The van der Waals surface area contributed by atoms with Gasteiger partial charge in [0.1, 0.15) is 5.82 Å². The lowest BCUT2D eigenvalue weighted by atomic mass is 10.2. The van der Waals surface area contributed by atoms with E-state index in [0.29, 0.717) is 5.56 Å². The van der Waals surface area contributed by atoms with Gasteiger partial charge in [0.2, 0.25) is 10.0 Å². The van der Waals surface area contributed by atoms with Gasteiger partial charge in [-0.1, -0.05) is 54.6 Å².